The van der Waals surface area contributed by atoms with Crippen LogP contribution in [-0.2, 0) is 6.18 Å². The summed E-state index contributed by atoms with van der Waals surface area (Å²) in [5, 5.41) is 2.14. The van der Waals surface area contributed by atoms with Gasteiger partial charge in [0.05, 0.1) is 21.6 Å². The first kappa shape index (κ1) is 19.6. The number of hydrogen-bond acceptors (Lipinski definition) is 2. The van der Waals surface area contributed by atoms with Gasteiger partial charge in [-0.05, 0) is 43.2 Å². The van der Waals surface area contributed by atoms with Gasteiger partial charge in [-0.2, -0.15) is 13.2 Å². The predicted molar refractivity (Wildman–Crippen MR) is 105 cm³/mol. The lowest BCUT2D eigenvalue weighted by molar-refractivity contribution is -0.137. The highest BCUT2D eigenvalue weighted by atomic mass is 35.5. The smallest absolute Gasteiger partial charge is 0.342 e. The van der Waals surface area contributed by atoms with Crippen molar-refractivity contribution in [2.75, 3.05) is 18.4 Å². The van der Waals surface area contributed by atoms with Gasteiger partial charge in [0.2, 0.25) is 0 Å². The van der Waals surface area contributed by atoms with E-state index in [1.54, 1.807) is 4.90 Å². The number of para-hydroxylation sites is 2. The second kappa shape index (κ2) is 7.59. The van der Waals surface area contributed by atoms with E-state index in [-0.39, 0.29) is 11.6 Å². The number of halogens is 4. The third-order valence-corrected chi connectivity index (χ3v) is 5.36. The van der Waals surface area contributed by atoms with E-state index in [1.165, 1.54) is 6.07 Å². The quantitative estimate of drug-likeness (QED) is 0.561. The third kappa shape index (κ3) is 4.17. The van der Waals surface area contributed by atoms with Crippen LogP contribution < -0.4 is 5.32 Å². The lowest BCUT2D eigenvalue weighted by atomic mass is 9.97. The van der Waals surface area contributed by atoms with Crippen molar-refractivity contribution < 1.29 is 18.0 Å². The minimum atomic E-state index is -4.59. The zero-order valence-electron chi connectivity index (χ0n) is 15.3. The molecular formula is C20H18ClF3N4O. The zero-order chi connectivity index (χ0) is 20.6. The predicted octanol–water partition coefficient (Wildman–Crippen LogP) is 5.65. The molecule has 1 aliphatic heterocycles. The summed E-state index contributed by atoms with van der Waals surface area (Å²) in [4.78, 5) is 22.1. The number of imidazole rings is 1. The van der Waals surface area contributed by atoms with E-state index in [4.69, 9.17) is 11.6 Å². The van der Waals surface area contributed by atoms with Crippen molar-refractivity contribution in [3.63, 3.8) is 0 Å². The van der Waals surface area contributed by atoms with E-state index in [0.29, 0.717) is 13.1 Å². The van der Waals surface area contributed by atoms with E-state index in [0.717, 1.165) is 41.8 Å². The normalized spacial score (nSPS) is 17.5. The van der Waals surface area contributed by atoms with Crippen LogP contribution in [0, 0.1) is 0 Å². The van der Waals surface area contributed by atoms with Crippen LogP contribution in [0.25, 0.3) is 11.0 Å². The summed E-state index contributed by atoms with van der Waals surface area (Å²) in [5.74, 6) is 0.854. The Balaban J connectivity index is 1.48. The maximum atomic E-state index is 13.0. The van der Waals surface area contributed by atoms with Gasteiger partial charge < -0.3 is 15.2 Å². The number of hydrogen-bond donors (Lipinski definition) is 2. The molecule has 5 nitrogen and oxygen atoms in total. The number of piperidine rings is 1. The summed E-state index contributed by atoms with van der Waals surface area (Å²) in [5.41, 5.74) is 0.878. The molecule has 3 aromatic rings. The fourth-order valence-electron chi connectivity index (χ4n) is 3.57. The lowest BCUT2D eigenvalue weighted by Gasteiger charge is -2.32. The van der Waals surface area contributed by atoms with Crippen LogP contribution >= 0.6 is 11.6 Å². The number of benzene rings is 2. The Bertz CT molecular complexity index is 1020. The highest BCUT2D eigenvalue weighted by Gasteiger charge is 2.34. The lowest BCUT2D eigenvalue weighted by Crippen LogP contribution is -2.41. The molecule has 0 saturated carbocycles. The summed E-state index contributed by atoms with van der Waals surface area (Å²) in [6.07, 6.45) is -2.93. The maximum absolute atomic E-state index is 13.0. The first-order chi connectivity index (χ1) is 13.8. The molecule has 0 radical (unpaired) electrons. The van der Waals surface area contributed by atoms with Gasteiger partial charge in [-0.3, -0.25) is 0 Å². The molecule has 152 valence electrons. The summed E-state index contributed by atoms with van der Waals surface area (Å²) >= 11 is 5.63. The number of carbonyl (C=O) groups is 1. The second-order valence-electron chi connectivity index (χ2n) is 7.05. The average molecular weight is 423 g/mol. The molecular weight excluding hydrogens is 405 g/mol. The number of nitrogens with one attached hydrogen (secondary N) is 2. The number of urea groups is 1. The van der Waals surface area contributed by atoms with Crippen molar-refractivity contribution in [3.05, 3.63) is 58.9 Å². The number of aromatic nitrogens is 2. The average Bonchev–Trinajstić information content (AvgIpc) is 3.13. The van der Waals surface area contributed by atoms with Gasteiger partial charge in [0, 0.05) is 24.7 Å². The van der Waals surface area contributed by atoms with Gasteiger partial charge in [0.1, 0.15) is 5.82 Å². The first-order valence-electron chi connectivity index (χ1n) is 9.18. The van der Waals surface area contributed by atoms with E-state index < -0.39 is 22.8 Å². The van der Waals surface area contributed by atoms with E-state index in [2.05, 4.69) is 15.3 Å². The third-order valence-electron chi connectivity index (χ3n) is 5.03. The molecule has 2 aromatic carbocycles. The number of fused-ring (bicyclic) bond motifs is 1. The molecule has 2 amide bonds. The summed E-state index contributed by atoms with van der Waals surface area (Å²) in [7, 11) is 0. The fraction of sp³-hybridized carbons (Fsp3) is 0.300. The van der Waals surface area contributed by atoms with E-state index in [1.807, 2.05) is 24.3 Å². The summed E-state index contributed by atoms with van der Waals surface area (Å²) < 4.78 is 39.1. The maximum Gasteiger partial charge on any atom is 0.417 e. The van der Waals surface area contributed by atoms with Crippen molar-refractivity contribution in [1.82, 2.24) is 14.9 Å². The van der Waals surface area contributed by atoms with Crippen molar-refractivity contribution in [2.24, 2.45) is 0 Å². The van der Waals surface area contributed by atoms with Gasteiger partial charge in [-0.25, -0.2) is 9.78 Å². The van der Waals surface area contributed by atoms with Crippen LogP contribution in [0.2, 0.25) is 5.02 Å². The Morgan fingerprint density at radius 3 is 2.79 bits per heavy atom. The van der Waals surface area contributed by atoms with Crippen molar-refractivity contribution in [3.8, 4) is 0 Å². The van der Waals surface area contributed by atoms with Gasteiger partial charge in [0.15, 0.2) is 0 Å². The molecule has 1 saturated heterocycles. The molecule has 29 heavy (non-hydrogen) atoms. The Labute approximate surface area is 169 Å². The highest BCUT2D eigenvalue weighted by Crippen LogP contribution is 2.36. The van der Waals surface area contributed by atoms with Gasteiger partial charge in [-0.1, -0.05) is 23.7 Å². The number of alkyl halides is 3. The monoisotopic (exact) mass is 422 g/mol. The van der Waals surface area contributed by atoms with Gasteiger partial charge in [-0.15, -0.1) is 0 Å². The standard InChI is InChI=1S/C20H18ClF3N4O/c21-15-8-7-13(10-14(15)20(22,23)24)25-19(29)28-9-3-4-12(11-28)18-26-16-5-1-2-6-17(16)27-18/h1-2,5-8,10,12H,3-4,9,11H2,(H,25,29)(H,26,27)/t12-/m0/s1. The Morgan fingerprint density at radius 1 is 1.24 bits per heavy atom. The second-order valence-corrected chi connectivity index (χ2v) is 7.45. The van der Waals surface area contributed by atoms with Crippen molar-refractivity contribution >= 4 is 34.4 Å². The van der Waals surface area contributed by atoms with Crippen LogP contribution in [0.3, 0.4) is 0 Å². The van der Waals surface area contributed by atoms with Crippen molar-refractivity contribution in [1.29, 1.82) is 0 Å². The van der Waals surface area contributed by atoms with Crippen LogP contribution in [0.15, 0.2) is 42.5 Å². The highest BCUT2D eigenvalue weighted by molar-refractivity contribution is 6.31. The number of nitrogens with zero attached hydrogens (tertiary/aromatic N) is 2. The minimum Gasteiger partial charge on any atom is -0.342 e. The van der Waals surface area contributed by atoms with Crippen molar-refractivity contribution in [2.45, 2.75) is 24.9 Å². The Kier molecular flexibility index (Phi) is 5.12. The topological polar surface area (TPSA) is 61.0 Å². The van der Waals surface area contributed by atoms with Crippen LogP contribution in [0.1, 0.15) is 30.1 Å². The number of anilines is 1. The SMILES string of the molecule is O=C(Nc1ccc(Cl)c(C(F)(F)F)c1)N1CCC[C@H](c2nc3ccccc3[nH]2)C1. The number of amides is 2. The molecule has 0 unspecified atom stereocenters. The Morgan fingerprint density at radius 2 is 2.03 bits per heavy atom. The van der Waals surface area contributed by atoms with Gasteiger partial charge in [0.25, 0.3) is 0 Å². The molecule has 2 N–H and O–H groups in total. The van der Waals surface area contributed by atoms with Crippen LogP contribution in [0.4, 0.5) is 23.7 Å². The fourth-order valence-corrected chi connectivity index (χ4v) is 3.80. The molecule has 9 heteroatoms. The van der Waals surface area contributed by atoms with E-state index in [9.17, 15) is 18.0 Å². The zero-order valence-corrected chi connectivity index (χ0v) is 16.0. The molecule has 0 bridgehead atoms. The molecule has 0 spiro atoms. The first-order valence-corrected chi connectivity index (χ1v) is 9.56. The molecule has 1 fully saturated rings. The number of H-pyrrole nitrogens is 1. The van der Waals surface area contributed by atoms with Gasteiger partial charge >= 0.3 is 12.2 Å². The number of rotatable bonds is 2. The molecule has 4 rings (SSSR count). The summed E-state index contributed by atoms with van der Waals surface area (Å²) in [6.45, 7) is 0.966. The molecule has 2 heterocycles. The number of carbonyl (C=O) groups excluding carboxylic acids is 1. The van der Waals surface area contributed by atoms with Crippen LogP contribution in [-0.4, -0.2) is 34.0 Å². The number of aromatic amines is 1. The summed E-state index contributed by atoms with van der Waals surface area (Å²) in [6, 6.07) is 10.6. The van der Waals surface area contributed by atoms with Crippen LogP contribution in [0.5, 0.6) is 0 Å². The minimum absolute atomic E-state index is 0.0397. The Hall–Kier alpha value is -2.74. The van der Waals surface area contributed by atoms with E-state index >= 15 is 0 Å². The molecule has 1 atom stereocenters. The molecule has 0 aliphatic carbocycles. The largest absolute Gasteiger partial charge is 0.417 e. The number of likely N-dealkylation sites (tertiary alicyclic amines) is 1. The molecule has 1 aromatic heterocycles. The molecule has 1 aliphatic rings.